The third-order valence-corrected chi connectivity index (χ3v) is 2.45. The van der Waals surface area contributed by atoms with Crippen molar-refractivity contribution in [1.82, 2.24) is 4.90 Å². The van der Waals surface area contributed by atoms with Gasteiger partial charge in [-0.25, -0.2) is 0 Å². The van der Waals surface area contributed by atoms with Crippen LogP contribution in [0.3, 0.4) is 0 Å². The highest BCUT2D eigenvalue weighted by Crippen LogP contribution is 2.06. The van der Waals surface area contributed by atoms with Gasteiger partial charge < -0.3 is 19.8 Å². The van der Waals surface area contributed by atoms with Crippen LogP contribution >= 0.6 is 12.2 Å². The molecule has 17 heavy (non-hydrogen) atoms. The van der Waals surface area contributed by atoms with Gasteiger partial charge in [0.25, 0.3) is 5.91 Å². The summed E-state index contributed by atoms with van der Waals surface area (Å²) in [4.78, 5) is 14.1. The Morgan fingerprint density at radius 2 is 2.35 bits per heavy atom. The zero-order chi connectivity index (χ0) is 12.7. The number of amides is 1. The van der Waals surface area contributed by atoms with Crippen molar-refractivity contribution >= 4 is 23.1 Å². The number of methoxy groups -OCH3 is 1. The summed E-state index contributed by atoms with van der Waals surface area (Å²) in [5, 5.41) is 0. The lowest BCUT2D eigenvalue weighted by molar-refractivity contribution is 0.0700. The van der Waals surface area contributed by atoms with E-state index in [9.17, 15) is 4.79 Å². The van der Waals surface area contributed by atoms with E-state index in [4.69, 9.17) is 27.1 Å². The van der Waals surface area contributed by atoms with Crippen LogP contribution in [0, 0.1) is 0 Å². The first kappa shape index (κ1) is 13.7. The fourth-order valence-corrected chi connectivity index (χ4v) is 1.42. The van der Waals surface area contributed by atoms with E-state index in [-0.39, 0.29) is 5.91 Å². The van der Waals surface area contributed by atoms with Gasteiger partial charge in [-0.05, 0) is 6.07 Å². The van der Waals surface area contributed by atoms with E-state index < -0.39 is 0 Å². The first-order valence-electron chi connectivity index (χ1n) is 5.24. The van der Waals surface area contributed by atoms with Crippen molar-refractivity contribution in [2.45, 2.75) is 6.42 Å². The second-order valence-corrected chi connectivity index (χ2v) is 4.04. The monoisotopic (exact) mass is 256 g/mol. The Balaban J connectivity index is 2.61. The molecule has 0 spiro atoms. The highest BCUT2D eigenvalue weighted by atomic mass is 32.1. The third-order valence-electron chi connectivity index (χ3n) is 2.25. The molecule has 0 aliphatic heterocycles. The summed E-state index contributed by atoms with van der Waals surface area (Å²) in [5.41, 5.74) is 5.95. The Bertz CT molecular complexity index is 365. The average molecular weight is 256 g/mol. The lowest BCUT2D eigenvalue weighted by Crippen LogP contribution is -2.36. The first-order chi connectivity index (χ1) is 8.15. The summed E-state index contributed by atoms with van der Waals surface area (Å²) in [7, 11) is 1.59. The van der Waals surface area contributed by atoms with E-state index >= 15 is 0 Å². The molecular weight excluding hydrogens is 240 g/mol. The van der Waals surface area contributed by atoms with Crippen molar-refractivity contribution < 1.29 is 13.9 Å². The predicted octanol–water partition coefficient (Wildman–Crippen LogP) is 1.04. The zero-order valence-corrected chi connectivity index (χ0v) is 10.5. The topological polar surface area (TPSA) is 68.7 Å². The van der Waals surface area contributed by atoms with Crippen molar-refractivity contribution in [2.24, 2.45) is 5.73 Å². The number of thiocarbonyl (C=S) groups is 1. The van der Waals surface area contributed by atoms with Crippen LogP contribution in [0.25, 0.3) is 0 Å². The average Bonchev–Trinajstić information content (AvgIpc) is 2.81. The van der Waals surface area contributed by atoms with E-state index in [0.29, 0.717) is 36.7 Å². The number of rotatable bonds is 7. The van der Waals surface area contributed by atoms with Gasteiger partial charge in [0.05, 0.1) is 23.4 Å². The van der Waals surface area contributed by atoms with E-state index in [0.717, 1.165) is 0 Å². The quantitative estimate of drug-likeness (QED) is 0.738. The molecule has 1 rings (SSSR count). The van der Waals surface area contributed by atoms with Gasteiger partial charge >= 0.3 is 0 Å². The Kier molecular flexibility index (Phi) is 5.65. The number of hydrogen-bond donors (Lipinski definition) is 1. The predicted molar refractivity (Wildman–Crippen MR) is 67.9 cm³/mol. The molecule has 6 heteroatoms. The van der Waals surface area contributed by atoms with Crippen molar-refractivity contribution in [3.05, 3.63) is 24.2 Å². The summed E-state index contributed by atoms with van der Waals surface area (Å²) in [6.45, 7) is 1.47. The standard InChI is InChI=1S/C11H16N2O3S/c1-15-7-5-13(4-2-10(12)17)11(14)9-3-6-16-8-9/h3,6,8H,2,4-5,7H2,1H3,(H2,12,17). The van der Waals surface area contributed by atoms with Crippen molar-refractivity contribution in [1.29, 1.82) is 0 Å². The number of hydrogen-bond acceptors (Lipinski definition) is 4. The maximum absolute atomic E-state index is 12.1. The van der Waals surface area contributed by atoms with Crippen LogP contribution in [0.4, 0.5) is 0 Å². The summed E-state index contributed by atoms with van der Waals surface area (Å²) < 4.78 is 9.85. The maximum atomic E-state index is 12.1. The molecule has 94 valence electrons. The number of carbonyl (C=O) groups excluding carboxylic acids is 1. The molecule has 1 aromatic heterocycles. The summed E-state index contributed by atoms with van der Waals surface area (Å²) >= 11 is 4.80. The van der Waals surface area contributed by atoms with Crippen molar-refractivity contribution in [2.75, 3.05) is 26.8 Å². The summed E-state index contributed by atoms with van der Waals surface area (Å²) in [6, 6.07) is 1.63. The van der Waals surface area contributed by atoms with Crippen LogP contribution < -0.4 is 5.73 Å². The Hall–Kier alpha value is -1.40. The second-order valence-electron chi connectivity index (χ2n) is 3.51. The van der Waals surface area contributed by atoms with E-state index in [1.165, 1.54) is 12.5 Å². The molecule has 0 unspecified atom stereocenters. The lowest BCUT2D eigenvalue weighted by Gasteiger charge is -2.21. The summed E-state index contributed by atoms with van der Waals surface area (Å²) in [6.07, 6.45) is 3.39. The van der Waals surface area contributed by atoms with E-state index in [1.807, 2.05) is 0 Å². The number of nitrogens with zero attached hydrogens (tertiary/aromatic N) is 1. The number of nitrogens with two attached hydrogens (primary N) is 1. The van der Waals surface area contributed by atoms with Gasteiger partial charge in [-0.15, -0.1) is 0 Å². The molecule has 0 aliphatic rings. The molecule has 0 bridgehead atoms. The smallest absolute Gasteiger partial charge is 0.257 e. The molecule has 0 aliphatic carbocycles. The van der Waals surface area contributed by atoms with Crippen LogP contribution in [0.1, 0.15) is 16.8 Å². The van der Waals surface area contributed by atoms with Crippen LogP contribution in [-0.4, -0.2) is 42.6 Å². The van der Waals surface area contributed by atoms with Crippen LogP contribution in [-0.2, 0) is 4.74 Å². The normalized spacial score (nSPS) is 10.2. The molecule has 1 amide bonds. The van der Waals surface area contributed by atoms with Crippen LogP contribution in [0.2, 0.25) is 0 Å². The largest absolute Gasteiger partial charge is 0.472 e. The van der Waals surface area contributed by atoms with Crippen LogP contribution in [0.5, 0.6) is 0 Å². The zero-order valence-electron chi connectivity index (χ0n) is 9.72. The van der Waals surface area contributed by atoms with Gasteiger partial charge in [0.1, 0.15) is 6.26 Å². The molecule has 0 fully saturated rings. The van der Waals surface area contributed by atoms with E-state index in [1.54, 1.807) is 18.1 Å². The van der Waals surface area contributed by atoms with Crippen molar-refractivity contribution in [3.63, 3.8) is 0 Å². The Morgan fingerprint density at radius 3 is 2.88 bits per heavy atom. The SMILES string of the molecule is COCCN(CCC(N)=S)C(=O)c1ccoc1. The molecule has 0 radical (unpaired) electrons. The highest BCUT2D eigenvalue weighted by molar-refractivity contribution is 7.80. The molecule has 0 saturated heterocycles. The number of furan rings is 1. The van der Waals surface area contributed by atoms with Gasteiger partial charge in [-0.2, -0.15) is 0 Å². The molecule has 1 aromatic rings. The molecule has 0 aromatic carbocycles. The van der Waals surface area contributed by atoms with Gasteiger partial charge in [0, 0.05) is 26.6 Å². The highest BCUT2D eigenvalue weighted by Gasteiger charge is 2.16. The summed E-state index contributed by atoms with van der Waals surface area (Å²) in [5.74, 6) is -0.105. The van der Waals surface area contributed by atoms with Gasteiger partial charge in [-0.1, -0.05) is 12.2 Å². The molecule has 0 saturated carbocycles. The lowest BCUT2D eigenvalue weighted by atomic mass is 10.2. The molecule has 1 heterocycles. The fourth-order valence-electron chi connectivity index (χ4n) is 1.33. The second kappa shape index (κ2) is 7.03. The minimum absolute atomic E-state index is 0.105. The fraction of sp³-hybridized carbons (Fsp3) is 0.455. The van der Waals surface area contributed by atoms with Gasteiger partial charge in [0.15, 0.2) is 0 Å². The molecule has 5 nitrogen and oxygen atoms in total. The van der Waals surface area contributed by atoms with E-state index in [2.05, 4.69) is 0 Å². The minimum Gasteiger partial charge on any atom is -0.472 e. The third kappa shape index (κ3) is 4.54. The number of carbonyl (C=O) groups is 1. The first-order valence-corrected chi connectivity index (χ1v) is 5.64. The van der Waals surface area contributed by atoms with Gasteiger partial charge in [-0.3, -0.25) is 4.79 Å². The minimum atomic E-state index is -0.105. The molecule has 0 atom stereocenters. The molecule has 2 N–H and O–H groups in total. The number of ether oxygens (including phenoxy) is 1. The van der Waals surface area contributed by atoms with Gasteiger partial charge in [0.2, 0.25) is 0 Å². The Labute approximate surface area is 106 Å². The molecular formula is C11H16N2O3S. The van der Waals surface area contributed by atoms with Crippen molar-refractivity contribution in [3.8, 4) is 0 Å². The van der Waals surface area contributed by atoms with Crippen LogP contribution in [0.15, 0.2) is 23.0 Å². The maximum Gasteiger partial charge on any atom is 0.257 e. The Morgan fingerprint density at radius 1 is 1.59 bits per heavy atom.